The molecule has 0 radical (unpaired) electrons. The zero-order valence-corrected chi connectivity index (χ0v) is 15.8. The van der Waals surface area contributed by atoms with Gasteiger partial charge in [0.15, 0.2) is 0 Å². The second-order valence-corrected chi connectivity index (χ2v) is 11.8. The van der Waals surface area contributed by atoms with Gasteiger partial charge in [0.2, 0.25) is 0 Å². The summed E-state index contributed by atoms with van der Waals surface area (Å²) in [4.78, 5) is 12.2. The van der Waals surface area contributed by atoms with E-state index in [2.05, 4.69) is 47.2 Å². The highest BCUT2D eigenvalue weighted by atomic mass is 127. The van der Waals surface area contributed by atoms with E-state index in [1.54, 1.807) is 3.58 Å². The van der Waals surface area contributed by atoms with Crippen LogP contribution in [0, 0.1) is 5.41 Å². The van der Waals surface area contributed by atoms with Crippen molar-refractivity contribution in [1.29, 1.82) is 0 Å². The Labute approximate surface area is 139 Å². The summed E-state index contributed by atoms with van der Waals surface area (Å²) in [5.41, 5.74) is 1.86. The highest BCUT2D eigenvalue weighted by molar-refractivity contribution is 14.2. The molecule has 1 N–H and O–H groups in total. The molecule has 0 bridgehead atoms. The summed E-state index contributed by atoms with van der Waals surface area (Å²) >= 11 is 3.61. The second kappa shape index (κ2) is 5.76. The van der Waals surface area contributed by atoms with Crippen molar-refractivity contribution in [1.82, 2.24) is 5.32 Å². The predicted octanol–water partition coefficient (Wildman–Crippen LogP) is 4.21. The first kappa shape index (κ1) is 15.1. The molecular formula is C16H21BrINO. The molecule has 0 spiro atoms. The van der Waals surface area contributed by atoms with Crippen molar-refractivity contribution in [3.8, 4) is 0 Å². The van der Waals surface area contributed by atoms with Gasteiger partial charge in [-0.05, 0) is 69.2 Å². The summed E-state index contributed by atoms with van der Waals surface area (Å²) < 4.78 is 2.94. The molecule has 3 aliphatic rings. The van der Waals surface area contributed by atoms with Crippen molar-refractivity contribution in [3.05, 3.63) is 21.3 Å². The largest absolute Gasteiger partial charge is 0.304 e. The van der Waals surface area contributed by atoms with Gasteiger partial charge in [0.1, 0.15) is 5.78 Å². The van der Waals surface area contributed by atoms with E-state index in [9.17, 15) is 4.79 Å². The number of allylic oxidation sites excluding steroid dienone is 4. The van der Waals surface area contributed by atoms with Crippen molar-refractivity contribution in [2.45, 2.75) is 58.0 Å². The van der Waals surface area contributed by atoms with Gasteiger partial charge in [-0.15, -0.1) is 0 Å². The lowest BCUT2D eigenvalue weighted by Crippen LogP contribution is -2.33. The van der Waals surface area contributed by atoms with Crippen LogP contribution in [0.15, 0.2) is 21.3 Å². The van der Waals surface area contributed by atoms with Crippen LogP contribution in [-0.4, -0.2) is 20.3 Å². The summed E-state index contributed by atoms with van der Waals surface area (Å²) in [5, 5.41) is 3.49. The first-order valence-corrected chi connectivity index (χ1v) is 10.3. The molecule has 1 aliphatic carbocycles. The Morgan fingerprint density at radius 1 is 1.50 bits per heavy atom. The van der Waals surface area contributed by atoms with Crippen LogP contribution < -0.4 is 5.32 Å². The maximum Gasteiger partial charge on any atom is 0.149 e. The van der Waals surface area contributed by atoms with Crippen LogP contribution in [0.5, 0.6) is 0 Å². The summed E-state index contributed by atoms with van der Waals surface area (Å²) in [6.07, 6.45) is 9.54. The first-order valence-electron chi connectivity index (χ1n) is 7.32. The van der Waals surface area contributed by atoms with E-state index in [4.69, 9.17) is 0 Å². The molecule has 0 aromatic heterocycles. The predicted molar refractivity (Wildman–Crippen MR) is 96.7 cm³/mol. The number of rotatable bonds is 5. The fourth-order valence-electron chi connectivity index (χ4n) is 3.20. The molecule has 0 amide bonds. The van der Waals surface area contributed by atoms with E-state index in [1.165, 1.54) is 14.4 Å². The number of carbonyl (C=O) groups is 1. The molecule has 0 unspecified atom stereocenters. The molecule has 2 fully saturated rings. The number of carbonyl (C=O) groups excluding carboxylic acids is 1. The minimum Gasteiger partial charge on any atom is -0.304 e. The Morgan fingerprint density at radius 2 is 2.30 bits per heavy atom. The monoisotopic (exact) mass is 449 g/mol. The summed E-state index contributed by atoms with van der Waals surface area (Å²) in [5.74, 6) is 0.435. The van der Waals surface area contributed by atoms with E-state index >= 15 is 0 Å². The van der Waals surface area contributed by atoms with Gasteiger partial charge in [0.05, 0.1) is 8.46 Å². The van der Waals surface area contributed by atoms with Crippen molar-refractivity contribution >= 4 is 44.9 Å². The number of halogens is 2. The van der Waals surface area contributed by atoms with Crippen molar-refractivity contribution in [2.75, 3.05) is 0 Å². The fourth-order valence-corrected chi connectivity index (χ4v) is 6.78. The molecule has 3 atom stereocenters. The second-order valence-electron chi connectivity index (χ2n) is 6.46. The van der Waals surface area contributed by atoms with E-state index in [-0.39, 0.29) is 26.8 Å². The minimum atomic E-state index is -0.00700. The molecule has 2 nitrogen and oxygen atoms in total. The third-order valence-electron chi connectivity index (χ3n) is 4.72. The number of hydrogen-bond acceptors (Lipinski definition) is 2. The average Bonchev–Trinajstić information content (AvgIpc) is 2.91. The van der Waals surface area contributed by atoms with E-state index in [1.807, 2.05) is 0 Å². The topological polar surface area (TPSA) is 29.1 Å². The van der Waals surface area contributed by atoms with Crippen LogP contribution in [0.25, 0.3) is 0 Å². The number of Topliss-reactive ketones (excluding diaryl/α,β-unsaturated/α-hetero) is 1. The molecular weight excluding hydrogens is 429 g/mol. The lowest BCUT2D eigenvalue weighted by molar-refractivity contribution is -0.121. The maximum absolute atomic E-state index is 12.2. The SMILES string of the molecule is CC1=C(CCCC(=O)[C@@H]2C[C@@]3(C)C[C@H]3N2)I=C(Br)C=C1. The number of hydrogen-bond donors (Lipinski definition) is 1. The molecule has 20 heavy (non-hydrogen) atoms. The molecule has 3 rings (SSSR count). The van der Waals surface area contributed by atoms with Gasteiger partial charge in [-0.25, -0.2) is 0 Å². The Hall–Kier alpha value is 0.190. The molecule has 4 heteroatoms. The number of nitrogens with one attached hydrogen (secondary N) is 1. The zero-order chi connectivity index (χ0) is 14.3. The minimum absolute atomic E-state index is 0.00700. The van der Waals surface area contributed by atoms with Gasteiger partial charge in [0.25, 0.3) is 0 Å². The number of ketones is 1. The molecule has 1 saturated heterocycles. The van der Waals surface area contributed by atoms with Crippen LogP contribution in [0.1, 0.15) is 46.0 Å². The molecule has 2 heterocycles. The Kier molecular flexibility index (Phi) is 4.35. The molecule has 0 aromatic rings. The number of piperidine rings is 1. The first-order chi connectivity index (χ1) is 9.48. The molecule has 1 saturated carbocycles. The van der Waals surface area contributed by atoms with Crippen LogP contribution in [-0.2, 0) is 4.79 Å². The van der Waals surface area contributed by atoms with Gasteiger partial charge in [0, 0.05) is 12.5 Å². The van der Waals surface area contributed by atoms with Gasteiger partial charge in [-0.2, -0.15) is 0 Å². The smallest absolute Gasteiger partial charge is 0.149 e. The Bertz CT molecular complexity index is 537. The van der Waals surface area contributed by atoms with Crippen LogP contribution in [0.4, 0.5) is 0 Å². The van der Waals surface area contributed by atoms with Crippen LogP contribution >= 0.6 is 36.7 Å². The van der Waals surface area contributed by atoms with Gasteiger partial charge < -0.3 is 5.32 Å². The maximum atomic E-state index is 12.2. The van der Waals surface area contributed by atoms with E-state index < -0.39 is 0 Å². The normalized spacial score (nSPS) is 35.5. The van der Waals surface area contributed by atoms with Crippen molar-refractivity contribution in [3.63, 3.8) is 0 Å². The van der Waals surface area contributed by atoms with Crippen molar-refractivity contribution in [2.24, 2.45) is 5.41 Å². The summed E-state index contributed by atoms with van der Waals surface area (Å²) in [6.45, 7) is 4.50. The highest BCUT2D eigenvalue weighted by Gasteiger charge is 2.57. The van der Waals surface area contributed by atoms with Crippen molar-refractivity contribution < 1.29 is 4.79 Å². The third kappa shape index (κ3) is 3.17. The average molecular weight is 450 g/mol. The van der Waals surface area contributed by atoms with Crippen LogP contribution in [0.3, 0.4) is 0 Å². The lowest BCUT2D eigenvalue weighted by Gasteiger charge is -2.14. The fraction of sp³-hybridized carbons (Fsp3) is 0.625. The molecule has 110 valence electrons. The number of fused-ring (bicyclic) bond motifs is 1. The molecule has 0 aromatic carbocycles. The van der Waals surface area contributed by atoms with Crippen LogP contribution in [0.2, 0.25) is 0 Å². The highest BCUT2D eigenvalue weighted by Crippen LogP contribution is 2.54. The lowest BCUT2D eigenvalue weighted by atomic mass is 9.97. The molecule has 2 aliphatic heterocycles. The van der Waals surface area contributed by atoms with Gasteiger partial charge in [-0.1, -0.05) is 33.7 Å². The summed E-state index contributed by atoms with van der Waals surface area (Å²) in [7, 11) is 0. The quantitative estimate of drug-likeness (QED) is 0.637. The van der Waals surface area contributed by atoms with Gasteiger partial charge in [-0.3, -0.25) is 4.79 Å². The summed E-state index contributed by atoms with van der Waals surface area (Å²) in [6, 6.07) is 0.773. The van der Waals surface area contributed by atoms with E-state index in [0.29, 0.717) is 17.2 Å². The van der Waals surface area contributed by atoms with E-state index in [0.717, 1.165) is 25.7 Å². The van der Waals surface area contributed by atoms with Gasteiger partial charge >= 0.3 is 0 Å². The Balaban J connectivity index is 1.46. The zero-order valence-electron chi connectivity index (χ0n) is 12.0. The standard InChI is InChI=1S/C16H21BrINO/c1-10-6-7-15(17)18-11(10)4-3-5-13(20)12-8-16(2)9-14(16)19-12/h6-7,12,14,19H,3-5,8-9H2,1-2H3/t12-,14+,16-/m0/s1. The third-order valence-corrected chi connectivity index (χ3v) is 8.91. The Morgan fingerprint density at radius 3 is 3.00 bits per heavy atom.